The molecule has 0 aliphatic heterocycles. The molecule has 0 amide bonds. The van der Waals surface area contributed by atoms with Crippen LogP contribution in [0.2, 0.25) is 0 Å². The summed E-state index contributed by atoms with van der Waals surface area (Å²) in [5.74, 6) is -0.607. The summed E-state index contributed by atoms with van der Waals surface area (Å²) < 4.78 is 0. The highest BCUT2D eigenvalue weighted by Crippen LogP contribution is 2.39. The molecule has 0 spiro atoms. The summed E-state index contributed by atoms with van der Waals surface area (Å²) in [4.78, 5) is 0. The van der Waals surface area contributed by atoms with E-state index >= 15 is 0 Å². The first-order chi connectivity index (χ1) is 8.00. The highest BCUT2D eigenvalue weighted by molar-refractivity contribution is 5.76. The topological polar surface area (TPSA) is 60.7 Å². The van der Waals surface area contributed by atoms with Crippen LogP contribution in [-0.2, 0) is 0 Å². The van der Waals surface area contributed by atoms with E-state index in [0.717, 1.165) is 22.8 Å². The van der Waals surface area contributed by atoms with Crippen LogP contribution in [0.5, 0.6) is 17.2 Å². The molecule has 2 aromatic carbocycles. The summed E-state index contributed by atoms with van der Waals surface area (Å²) in [5.41, 5.74) is 3.50. The quantitative estimate of drug-likeness (QED) is 0.521. The Labute approximate surface area is 99.6 Å². The number of aryl methyl sites for hydroxylation is 1. The molecular formula is C14H14O3. The van der Waals surface area contributed by atoms with Crippen molar-refractivity contribution in [1.29, 1.82) is 0 Å². The Morgan fingerprint density at radius 1 is 0.765 bits per heavy atom. The molecule has 0 aromatic heterocycles. The third-order valence-corrected chi connectivity index (χ3v) is 2.99. The minimum atomic E-state index is -0.323. The van der Waals surface area contributed by atoms with Gasteiger partial charge in [0.25, 0.3) is 0 Å². The van der Waals surface area contributed by atoms with Crippen molar-refractivity contribution < 1.29 is 15.3 Å². The number of hydrogen-bond donors (Lipinski definition) is 3. The van der Waals surface area contributed by atoms with Gasteiger partial charge in [-0.1, -0.05) is 18.2 Å². The maximum atomic E-state index is 9.81. The Hall–Kier alpha value is -2.16. The molecule has 2 aromatic rings. The Morgan fingerprint density at radius 3 is 2.12 bits per heavy atom. The maximum Gasteiger partial charge on any atom is 0.161 e. The van der Waals surface area contributed by atoms with Crippen LogP contribution in [0.25, 0.3) is 11.1 Å². The lowest BCUT2D eigenvalue weighted by Crippen LogP contribution is -1.87. The summed E-state index contributed by atoms with van der Waals surface area (Å²) in [6, 6.07) is 8.25. The van der Waals surface area contributed by atoms with Crippen molar-refractivity contribution in [2.45, 2.75) is 13.8 Å². The lowest BCUT2D eigenvalue weighted by Gasteiger charge is -2.11. The molecular weight excluding hydrogens is 216 g/mol. The van der Waals surface area contributed by atoms with Gasteiger partial charge in [-0.3, -0.25) is 0 Å². The Balaban J connectivity index is 2.69. The average Bonchev–Trinajstić information content (AvgIpc) is 2.28. The lowest BCUT2D eigenvalue weighted by atomic mass is 9.96. The molecule has 0 fully saturated rings. The first-order valence-electron chi connectivity index (χ1n) is 5.32. The summed E-state index contributed by atoms with van der Waals surface area (Å²) in [5, 5.41) is 28.6. The highest BCUT2D eigenvalue weighted by atomic mass is 16.3. The zero-order valence-electron chi connectivity index (χ0n) is 9.73. The van der Waals surface area contributed by atoms with Gasteiger partial charge in [0.2, 0.25) is 0 Å². The number of rotatable bonds is 1. The van der Waals surface area contributed by atoms with Crippen LogP contribution in [-0.4, -0.2) is 15.3 Å². The standard InChI is InChI=1S/C14H14O3/c1-8-4-3-5-10(9(8)2)11-6-13(16)14(17)7-12(11)15/h3-7,15-17H,1-2H3. The van der Waals surface area contributed by atoms with Crippen LogP contribution in [0.3, 0.4) is 0 Å². The van der Waals surface area contributed by atoms with Crippen molar-refractivity contribution >= 4 is 0 Å². The molecule has 3 heteroatoms. The van der Waals surface area contributed by atoms with Crippen LogP contribution in [0.4, 0.5) is 0 Å². The number of phenolic OH excluding ortho intramolecular Hbond substituents is 3. The van der Waals surface area contributed by atoms with Gasteiger partial charge in [-0.25, -0.2) is 0 Å². The van der Waals surface area contributed by atoms with Crippen LogP contribution in [0.1, 0.15) is 11.1 Å². The highest BCUT2D eigenvalue weighted by Gasteiger charge is 2.12. The fourth-order valence-electron chi connectivity index (χ4n) is 1.82. The molecule has 0 atom stereocenters. The second kappa shape index (κ2) is 4.01. The van der Waals surface area contributed by atoms with Crippen LogP contribution in [0, 0.1) is 13.8 Å². The van der Waals surface area contributed by atoms with Crippen molar-refractivity contribution in [2.24, 2.45) is 0 Å². The summed E-state index contributed by atoms with van der Waals surface area (Å²) in [6.07, 6.45) is 0. The second-order valence-corrected chi connectivity index (χ2v) is 4.11. The smallest absolute Gasteiger partial charge is 0.161 e. The average molecular weight is 230 g/mol. The molecule has 0 radical (unpaired) electrons. The van der Waals surface area contributed by atoms with Gasteiger partial charge in [0, 0.05) is 11.6 Å². The zero-order chi connectivity index (χ0) is 12.6. The van der Waals surface area contributed by atoms with E-state index in [1.807, 2.05) is 32.0 Å². The Bertz CT molecular complexity index is 574. The molecule has 0 saturated heterocycles. The van der Waals surface area contributed by atoms with Crippen molar-refractivity contribution in [3.63, 3.8) is 0 Å². The second-order valence-electron chi connectivity index (χ2n) is 4.11. The van der Waals surface area contributed by atoms with E-state index < -0.39 is 0 Å². The molecule has 0 unspecified atom stereocenters. The Morgan fingerprint density at radius 2 is 1.41 bits per heavy atom. The van der Waals surface area contributed by atoms with Crippen molar-refractivity contribution in [3.8, 4) is 28.4 Å². The third-order valence-electron chi connectivity index (χ3n) is 2.99. The van der Waals surface area contributed by atoms with Gasteiger partial charge in [-0.2, -0.15) is 0 Å². The summed E-state index contributed by atoms with van der Waals surface area (Å²) in [7, 11) is 0. The van der Waals surface area contributed by atoms with Crippen molar-refractivity contribution in [1.82, 2.24) is 0 Å². The van der Waals surface area contributed by atoms with Gasteiger partial charge in [0.1, 0.15) is 5.75 Å². The SMILES string of the molecule is Cc1cccc(-c2cc(O)c(O)cc2O)c1C. The number of benzene rings is 2. The Kier molecular flexibility index (Phi) is 2.68. The van der Waals surface area contributed by atoms with E-state index in [0.29, 0.717) is 5.56 Å². The first-order valence-corrected chi connectivity index (χ1v) is 5.32. The van der Waals surface area contributed by atoms with E-state index in [4.69, 9.17) is 0 Å². The molecule has 0 aliphatic rings. The lowest BCUT2D eigenvalue weighted by molar-refractivity contribution is 0.397. The third kappa shape index (κ3) is 1.91. The van der Waals surface area contributed by atoms with Crippen molar-refractivity contribution in [2.75, 3.05) is 0 Å². The van der Waals surface area contributed by atoms with Gasteiger partial charge in [-0.15, -0.1) is 0 Å². The van der Waals surface area contributed by atoms with E-state index in [1.165, 1.54) is 6.07 Å². The zero-order valence-corrected chi connectivity index (χ0v) is 9.73. The van der Waals surface area contributed by atoms with E-state index in [9.17, 15) is 15.3 Å². The maximum absolute atomic E-state index is 9.81. The normalized spacial score (nSPS) is 10.5. The van der Waals surface area contributed by atoms with Gasteiger partial charge in [-0.05, 0) is 36.6 Å². The summed E-state index contributed by atoms with van der Waals surface area (Å²) >= 11 is 0. The fraction of sp³-hybridized carbons (Fsp3) is 0.143. The van der Waals surface area contributed by atoms with Crippen LogP contribution in [0.15, 0.2) is 30.3 Å². The monoisotopic (exact) mass is 230 g/mol. The molecule has 0 heterocycles. The first kappa shape index (κ1) is 11.3. The largest absolute Gasteiger partial charge is 0.507 e. The van der Waals surface area contributed by atoms with Crippen molar-refractivity contribution in [3.05, 3.63) is 41.5 Å². The molecule has 0 saturated carbocycles. The van der Waals surface area contributed by atoms with Gasteiger partial charge in [0.15, 0.2) is 11.5 Å². The minimum Gasteiger partial charge on any atom is -0.507 e. The molecule has 2 rings (SSSR count). The predicted molar refractivity (Wildman–Crippen MR) is 66.3 cm³/mol. The molecule has 17 heavy (non-hydrogen) atoms. The predicted octanol–water partition coefficient (Wildman–Crippen LogP) is 3.09. The van der Waals surface area contributed by atoms with Gasteiger partial charge >= 0.3 is 0 Å². The van der Waals surface area contributed by atoms with E-state index in [1.54, 1.807) is 0 Å². The molecule has 88 valence electrons. The number of phenols is 3. The number of hydrogen-bond acceptors (Lipinski definition) is 3. The van der Waals surface area contributed by atoms with E-state index in [-0.39, 0.29) is 17.2 Å². The fourth-order valence-corrected chi connectivity index (χ4v) is 1.82. The minimum absolute atomic E-state index is 0.0472. The molecule has 3 nitrogen and oxygen atoms in total. The van der Waals surface area contributed by atoms with Crippen LogP contribution >= 0.6 is 0 Å². The number of aromatic hydroxyl groups is 3. The van der Waals surface area contributed by atoms with Gasteiger partial charge in [0.05, 0.1) is 0 Å². The molecule has 3 N–H and O–H groups in total. The van der Waals surface area contributed by atoms with Crippen LogP contribution < -0.4 is 0 Å². The molecule has 0 bridgehead atoms. The summed E-state index contributed by atoms with van der Waals surface area (Å²) in [6.45, 7) is 3.93. The van der Waals surface area contributed by atoms with Gasteiger partial charge < -0.3 is 15.3 Å². The van der Waals surface area contributed by atoms with E-state index in [2.05, 4.69) is 0 Å². The molecule has 0 aliphatic carbocycles.